The maximum atomic E-state index is 12.5. The zero-order chi connectivity index (χ0) is 18.9. The molecule has 8 heteroatoms. The van der Waals surface area contributed by atoms with Crippen LogP contribution in [0.15, 0.2) is 24.3 Å². The second-order valence-electron chi connectivity index (χ2n) is 6.92. The van der Waals surface area contributed by atoms with Gasteiger partial charge in [0, 0.05) is 12.1 Å². The average molecular weight is 380 g/mol. The van der Waals surface area contributed by atoms with Crippen LogP contribution >= 0.6 is 11.6 Å². The predicted molar refractivity (Wildman–Crippen MR) is 96.0 cm³/mol. The maximum absolute atomic E-state index is 12.5. The van der Waals surface area contributed by atoms with Crippen molar-refractivity contribution in [1.82, 2.24) is 15.1 Å². The van der Waals surface area contributed by atoms with E-state index in [4.69, 9.17) is 16.3 Å². The summed E-state index contributed by atoms with van der Waals surface area (Å²) in [7, 11) is 1.62. The number of nitrogens with zero attached hydrogens (tertiary/aromatic N) is 2. The minimum Gasteiger partial charge on any atom is -0.492 e. The van der Waals surface area contributed by atoms with Gasteiger partial charge in [0.25, 0.3) is 5.91 Å². The molecule has 4 amide bonds. The van der Waals surface area contributed by atoms with Crippen LogP contribution in [0.5, 0.6) is 5.75 Å². The number of imide groups is 1. The van der Waals surface area contributed by atoms with Crippen molar-refractivity contribution in [3.63, 3.8) is 0 Å². The Hall–Kier alpha value is -2.28. The number of benzene rings is 1. The van der Waals surface area contributed by atoms with Gasteiger partial charge in [-0.2, -0.15) is 0 Å². The first-order valence-corrected chi connectivity index (χ1v) is 8.95. The minimum atomic E-state index is -0.867. The Bertz CT molecular complexity index is 720. The van der Waals surface area contributed by atoms with Gasteiger partial charge >= 0.3 is 6.03 Å². The number of halogens is 1. The lowest BCUT2D eigenvalue weighted by molar-refractivity contribution is -0.138. The van der Waals surface area contributed by atoms with Gasteiger partial charge in [-0.05, 0) is 49.9 Å². The van der Waals surface area contributed by atoms with Crippen LogP contribution in [0, 0.1) is 5.92 Å². The fourth-order valence-electron chi connectivity index (χ4n) is 3.01. The largest absolute Gasteiger partial charge is 0.492 e. The molecule has 1 aliphatic heterocycles. The van der Waals surface area contributed by atoms with E-state index in [9.17, 15) is 14.4 Å². The molecule has 1 saturated carbocycles. The molecule has 26 heavy (non-hydrogen) atoms. The van der Waals surface area contributed by atoms with E-state index in [2.05, 4.69) is 5.32 Å². The van der Waals surface area contributed by atoms with E-state index in [1.807, 2.05) is 0 Å². The number of nitrogens with one attached hydrogen (secondary N) is 1. The molecule has 140 valence electrons. The zero-order valence-electron chi connectivity index (χ0n) is 14.8. The summed E-state index contributed by atoms with van der Waals surface area (Å²) in [5, 5.41) is 3.36. The van der Waals surface area contributed by atoms with E-state index in [1.165, 1.54) is 4.90 Å². The van der Waals surface area contributed by atoms with Gasteiger partial charge in [-0.3, -0.25) is 14.5 Å². The maximum Gasteiger partial charge on any atom is 0.325 e. The van der Waals surface area contributed by atoms with E-state index in [0.29, 0.717) is 23.9 Å². The third kappa shape index (κ3) is 3.77. The topological polar surface area (TPSA) is 79.0 Å². The molecule has 1 heterocycles. The molecular formula is C18H22ClN3O4. The smallest absolute Gasteiger partial charge is 0.325 e. The third-order valence-electron chi connectivity index (χ3n) is 4.92. The van der Waals surface area contributed by atoms with Crippen LogP contribution in [0.4, 0.5) is 4.79 Å². The number of carbonyl (C=O) groups is 3. The number of urea groups is 1. The number of carbonyl (C=O) groups excluding carboxylic acids is 3. The fraction of sp³-hybridized carbons (Fsp3) is 0.500. The molecule has 2 aliphatic rings. The molecule has 0 spiro atoms. The van der Waals surface area contributed by atoms with Crippen LogP contribution < -0.4 is 10.1 Å². The van der Waals surface area contributed by atoms with Gasteiger partial charge in [0.1, 0.15) is 24.4 Å². The molecule has 3 rings (SSSR count). The van der Waals surface area contributed by atoms with Crippen LogP contribution in [0.2, 0.25) is 5.02 Å². The van der Waals surface area contributed by atoms with E-state index < -0.39 is 11.6 Å². The van der Waals surface area contributed by atoms with Crippen molar-refractivity contribution in [3.05, 3.63) is 29.3 Å². The van der Waals surface area contributed by atoms with Gasteiger partial charge < -0.3 is 15.0 Å². The highest BCUT2D eigenvalue weighted by atomic mass is 35.5. The van der Waals surface area contributed by atoms with Crippen molar-refractivity contribution in [2.24, 2.45) is 5.92 Å². The molecule has 1 saturated heterocycles. The molecular weight excluding hydrogens is 358 g/mol. The Kier molecular flexibility index (Phi) is 5.09. The van der Waals surface area contributed by atoms with E-state index >= 15 is 0 Å². The van der Waals surface area contributed by atoms with Crippen LogP contribution in [-0.2, 0) is 9.59 Å². The molecule has 7 nitrogen and oxygen atoms in total. The van der Waals surface area contributed by atoms with E-state index in [0.717, 1.165) is 17.7 Å². The lowest BCUT2D eigenvalue weighted by Crippen LogP contribution is -2.47. The highest BCUT2D eigenvalue weighted by molar-refractivity contribution is 6.30. The Balaban J connectivity index is 1.48. The Morgan fingerprint density at radius 3 is 2.62 bits per heavy atom. The molecule has 1 aromatic rings. The average Bonchev–Trinajstić information content (AvgIpc) is 3.42. The molecule has 1 aliphatic carbocycles. The van der Waals surface area contributed by atoms with Gasteiger partial charge in [-0.1, -0.05) is 11.6 Å². The zero-order valence-corrected chi connectivity index (χ0v) is 15.6. The van der Waals surface area contributed by atoms with Crippen LogP contribution in [0.25, 0.3) is 0 Å². The number of hydrogen-bond donors (Lipinski definition) is 1. The highest BCUT2D eigenvalue weighted by Gasteiger charge is 2.56. The van der Waals surface area contributed by atoms with Crippen LogP contribution in [0.1, 0.15) is 19.8 Å². The quantitative estimate of drug-likeness (QED) is 0.734. The predicted octanol–water partition coefficient (Wildman–Crippen LogP) is 1.90. The van der Waals surface area contributed by atoms with Gasteiger partial charge in [0.05, 0.1) is 6.54 Å². The first-order valence-electron chi connectivity index (χ1n) is 8.57. The number of amides is 4. The van der Waals surface area contributed by atoms with Gasteiger partial charge in [0.2, 0.25) is 5.91 Å². The number of likely N-dealkylation sites (N-methyl/N-ethyl adjacent to an activating group) is 1. The first-order chi connectivity index (χ1) is 12.3. The SMILES string of the molecule is CN(CCOc1ccc(Cl)cc1)C(=O)CN1C(=O)N[C@@](C)(C2CC2)C1=O. The Morgan fingerprint density at radius 1 is 1.35 bits per heavy atom. The summed E-state index contributed by atoms with van der Waals surface area (Å²) in [5.74, 6) is 0.200. The summed E-state index contributed by atoms with van der Waals surface area (Å²) in [4.78, 5) is 39.5. The highest BCUT2D eigenvalue weighted by Crippen LogP contribution is 2.42. The number of rotatable bonds is 7. The van der Waals surface area contributed by atoms with Crippen LogP contribution in [0.3, 0.4) is 0 Å². The Morgan fingerprint density at radius 2 is 2.00 bits per heavy atom. The van der Waals surface area contributed by atoms with Crippen molar-refractivity contribution in [2.75, 3.05) is 26.7 Å². The van der Waals surface area contributed by atoms with Crippen molar-refractivity contribution < 1.29 is 19.1 Å². The summed E-state index contributed by atoms with van der Waals surface area (Å²) in [6.07, 6.45) is 1.85. The van der Waals surface area contributed by atoms with Gasteiger partial charge in [0.15, 0.2) is 0 Å². The normalized spacial score (nSPS) is 22.3. The molecule has 2 fully saturated rings. The van der Waals surface area contributed by atoms with Crippen LogP contribution in [-0.4, -0.2) is 59.9 Å². The molecule has 1 N–H and O–H groups in total. The van der Waals surface area contributed by atoms with Crippen molar-refractivity contribution in [3.8, 4) is 5.75 Å². The summed E-state index contributed by atoms with van der Waals surface area (Å²) in [6.45, 7) is 2.11. The molecule has 1 aromatic carbocycles. The summed E-state index contributed by atoms with van der Waals surface area (Å²) in [6, 6.07) is 6.44. The summed E-state index contributed by atoms with van der Waals surface area (Å²) < 4.78 is 5.55. The molecule has 0 bridgehead atoms. The third-order valence-corrected chi connectivity index (χ3v) is 5.18. The fourth-order valence-corrected chi connectivity index (χ4v) is 3.13. The minimum absolute atomic E-state index is 0.171. The number of ether oxygens (including phenoxy) is 1. The van der Waals surface area contributed by atoms with E-state index in [-0.39, 0.29) is 24.3 Å². The lowest BCUT2D eigenvalue weighted by Gasteiger charge is -2.22. The second kappa shape index (κ2) is 7.15. The number of hydrogen-bond acceptors (Lipinski definition) is 4. The molecule has 0 aromatic heterocycles. The van der Waals surface area contributed by atoms with Gasteiger partial charge in [-0.25, -0.2) is 4.79 Å². The summed E-state index contributed by atoms with van der Waals surface area (Å²) in [5.41, 5.74) is -0.867. The second-order valence-corrected chi connectivity index (χ2v) is 7.35. The standard InChI is InChI=1S/C18H22ClN3O4/c1-18(12-3-4-12)16(24)22(17(25)20-18)11-15(23)21(2)9-10-26-14-7-5-13(19)6-8-14/h5-8,12H,3-4,9-11H2,1-2H3,(H,20,25)/t18-/m0/s1. The van der Waals surface area contributed by atoms with Crippen molar-refractivity contribution in [1.29, 1.82) is 0 Å². The molecule has 0 unspecified atom stereocenters. The van der Waals surface area contributed by atoms with Crippen molar-refractivity contribution >= 4 is 29.4 Å². The molecule has 1 atom stereocenters. The lowest BCUT2D eigenvalue weighted by atomic mass is 9.96. The first kappa shape index (κ1) is 18.5. The van der Waals surface area contributed by atoms with Gasteiger partial charge in [-0.15, -0.1) is 0 Å². The molecule has 0 radical (unpaired) electrons. The monoisotopic (exact) mass is 379 g/mol. The van der Waals surface area contributed by atoms with Crippen molar-refractivity contribution in [2.45, 2.75) is 25.3 Å². The summed E-state index contributed by atoms with van der Waals surface area (Å²) >= 11 is 5.81. The Labute approximate surface area is 157 Å². The van der Waals surface area contributed by atoms with E-state index in [1.54, 1.807) is 38.2 Å².